The van der Waals surface area contributed by atoms with E-state index in [1.807, 2.05) is 31.2 Å². The molecule has 0 aliphatic heterocycles. The van der Waals surface area contributed by atoms with Crippen LogP contribution in [0.4, 0.5) is 0 Å². The molecule has 7 heteroatoms. The maximum Gasteiger partial charge on any atom is 0.214 e. The molecule has 3 aromatic rings. The van der Waals surface area contributed by atoms with Crippen LogP contribution in [-0.4, -0.2) is 37.8 Å². The highest BCUT2D eigenvalue weighted by molar-refractivity contribution is 5.85. The summed E-state index contributed by atoms with van der Waals surface area (Å²) in [5.41, 5.74) is 3.48. The van der Waals surface area contributed by atoms with Gasteiger partial charge >= 0.3 is 0 Å². The van der Waals surface area contributed by atoms with E-state index in [1.54, 1.807) is 12.1 Å². The van der Waals surface area contributed by atoms with Gasteiger partial charge in [0, 0.05) is 21.5 Å². The fourth-order valence-electron chi connectivity index (χ4n) is 3.56. The molecule has 1 heterocycles. The Hall–Kier alpha value is -3.22. The van der Waals surface area contributed by atoms with Crippen LogP contribution in [0.2, 0.25) is 0 Å². The smallest absolute Gasteiger partial charge is 0.214 e. The summed E-state index contributed by atoms with van der Waals surface area (Å²) in [7, 11) is 4.58. The van der Waals surface area contributed by atoms with Crippen LogP contribution in [-0.2, 0) is 0 Å². The Morgan fingerprint density at radius 3 is 2.26 bits per heavy atom. The summed E-state index contributed by atoms with van der Waals surface area (Å²) in [5.74, 6) is 0.930. The van der Waals surface area contributed by atoms with Crippen LogP contribution >= 0.6 is 0 Å². The van der Waals surface area contributed by atoms with E-state index in [2.05, 4.69) is 4.98 Å². The first-order chi connectivity index (χ1) is 13.0. The SMILES string of the molecule is COc1cc([C@H](C[N+](=O)[O-])c2c(C)[nH]c3ccccc23)cc(OC)c1OC. The van der Waals surface area contributed by atoms with E-state index in [1.165, 1.54) is 21.3 Å². The number of ether oxygens (including phenoxy) is 3. The quantitative estimate of drug-likeness (QED) is 0.503. The molecule has 2 aromatic carbocycles. The molecule has 0 saturated heterocycles. The highest BCUT2D eigenvalue weighted by Crippen LogP contribution is 2.43. The monoisotopic (exact) mass is 370 g/mol. The first-order valence-electron chi connectivity index (χ1n) is 8.49. The van der Waals surface area contributed by atoms with Crippen LogP contribution in [0, 0.1) is 17.0 Å². The highest BCUT2D eigenvalue weighted by Gasteiger charge is 2.28. The van der Waals surface area contributed by atoms with Gasteiger partial charge in [0.25, 0.3) is 0 Å². The summed E-state index contributed by atoms with van der Waals surface area (Å²) in [6.45, 7) is 1.68. The van der Waals surface area contributed by atoms with Gasteiger partial charge in [-0.3, -0.25) is 10.1 Å². The second kappa shape index (κ2) is 7.57. The van der Waals surface area contributed by atoms with E-state index in [0.717, 1.165) is 27.7 Å². The summed E-state index contributed by atoms with van der Waals surface area (Å²) < 4.78 is 16.2. The molecule has 1 N–H and O–H groups in total. The van der Waals surface area contributed by atoms with Gasteiger partial charge < -0.3 is 19.2 Å². The number of nitrogens with zero attached hydrogens (tertiary/aromatic N) is 1. The van der Waals surface area contributed by atoms with Gasteiger partial charge in [0.15, 0.2) is 11.5 Å². The molecule has 7 nitrogen and oxygen atoms in total. The number of fused-ring (bicyclic) bond motifs is 1. The number of aromatic nitrogens is 1. The van der Waals surface area contributed by atoms with Crippen LogP contribution in [0.1, 0.15) is 22.7 Å². The molecular weight excluding hydrogens is 348 g/mol. The van der Waals surface area contributed by atoms with Crippen molar-refractivity contribution in [1.29, 1.82) is 0 Å². The van der Waals surface area contributed by atoms with Crippen molar-refractivity contribution in [2.24, 2.45) is 0 Å². The van der Waals surface area contributed by atoms with Crippen LogP contribution in [0.25, 0.3) is 10.9 Å². The van der Waals surface area contributed by atoms with E-state index < -0.39 is 5.92 Å². The molecule has 0 saturated carbocycles. The number of aromatic amines is 1. The third-order valence-corrected chi connectivity index (χ3v) is 4.71. The molecule has 0 aliphatic carbocycles. The van der Waals surface area contributed by atoms with Crippen molar-refractivity contribution in [3.05, 3.63) is 63.3 Å². The maximum atomic E-state index is 11.5. The predicted octanol–water partition coefficient (Wildman–Crippen LogP) is 3.91. The zero-order valence-electron chi connectivity index (χ0n) is 15.7. The predicted molar refractivity (Wildman–Crippen MR) is 103 cm³/mol. The average molecular weight is 370 g/mol. The van der Waals surface area contributed by atoms with Crippen molar-refractivity contribution in [3.63, 3.8) is 0 Å². The van der Waals surface area contributed by atoms with Crippen molar-refractivity contribution in [1.82, 2.24) is 4.98 Å². The van der Waals surface area contributed by atoms with Crippen molar-refractivity contribution < 1.29 is 19.1 Å². The number of methoxy groups -OCH3 is 3. The number of H-pyrrole nitrogens is 1. The minimum Gasteiger partial charge on any atom is -0.493 e. The molecule has 1 aromatic heterocycles. The van der Waals surface area contributed by atoms with Crippen molar-refractivity contribution in [3.8, 4) is 17.2 Å². The fraction of sp³-hybridized carbons (Fsp3) is 0.300. The standard InChI is InChI=1S/C20H22N2O5/c1-12-19(14-7-5-6-8-16(14)21-12)15(11-22(23)24)13-9-17(25-2)20(27-4)18(10-13)26-3/h5-10,15,21H,11H2,1-4H3/t15-/m0/s1. The Labute approximate surface area is 157 Å². The molecule has 0 radical (unpaired) electrons. The number of rotatable bonds is 7. The number of nitrogens with one attached hydrogen (secondary N) is 1. The number of nitro groups is 1. The minimum absolute atomic E-state index is 0.249. The van der Waals surface area contributed by atoms with Gasteiger partial charge in [-0.2, -0.15) is 0 Å². The van der Waals surface area contributed by atoms with Gasteiger partial charge in [-0.25, -0.2) is 0 Å². The number of hydrogen-bond acceptors (Lipinski definition) is 5. The van der Waals surface area contributed by atoms with Crippen LogP contribution in [0.15, 0.2) is 36.4 Å². The zero-order chi connectivity index (χ0) is 19.6. The lowest BCUT2D eigenvalue weighted by molar-refractivity contribution is -0.481. The van der Waals surface area contributed by atoms with Gasteiger partial charge in [0.2, 0.25) is 12.3 Å². The molecule has 0 aliphatic rings. The van der Waals surface area contributed by atoms with Crippen molar-refractivity contribution >= 4 is 10.9 Å². The van der Waals surface area contributed by atoms with E-state index in [-0.39, 0.29) is 11.5 Å². The third kappa shape index (κ3) is 3.40. The number of para-hydroxylation sites is 1. The fourth-order valence-corrected chi connectivity index (χ4v) is 3.56. The second-order valence-corrected chi connectivity index (χ2v) is 6.24. The van der Waals surface area contributed by atoms with Crippen molar-refractivity contribution in [2.75, 3.05) is 27.9 Å². The normalized spacial score (nSPS) is 12.0. The molecule has 0 unspecified atom stereocenters. The van der Waals surface area contributed by atoms with Gasteiger partial charge in [-0.15, -0.1) is 0 Å². The number of aryl methyl sites for hydroxylation is 1. The molecule has 0 spiro atoms. The molecule has 3 rings (SSSR count). The maximum absolute atomic E-state index is 11.5. The first kappa shape index (κ1) is 18.6. The lowest BCUT2D eigenvalue weighted by atomic mass is 9.88. The largest absolute Gasteiger partial charge is 0.493 e. The summed E-state index contributed by atoms with van der Waals surface area (Å²) in [4.78, 5) is 14.5. The van der Waals surface area contributed by atoms with E-state index in [9.17, 15) is 10.1 Å². The Morgan fingerprint density at radius 1 is 1.07 bits per heavy atom. The summed E-state index contributed by atoms with van der Waals surface area (Å²) in [5, 5.41) is 12.4. The Morgan fingerprint density at radius 2 is 1.70 bits per heavy atom. The first-order valence-corrected chi connectivity index (χ1v) is 8.49. The van der Waals surface area contributed by atoms with Gasteiger partial charge in [0.05, 0.1) is 27.2 Å². The summed E-state index contributed by atoms with van der Waals surface area (Å²) in [6, 6.07) is 11.3. The van der Waals surface area contributed by atoms with Gasteiger partial charge in [0.1, 0.15) is 0 Å². The van der Waals surface area contributed by atoms with Gasteiger partial charge in [-0.05, 0) is 36.2 Å². The molecule has 0 fully saturated rings. The third-order valence-electron chi connectivity index (χ3n) is 4.71. The lowest BCUT2D eigenvalue weighted by Crippen LogP contribution is -2.15. The average Bonchev–Trinajstić information content (AvgIpc) is 3.00. The number of benzene rings is 2. The zero-order valence-corrected chi connectivity index (χ0v) is 15.7. The second-order valence-electron chi connectivity index (χ2n) is 6.24. The highest BCUT2D eigenvalue weighted by atomic mass is 16.6. The number of hydrogen-bond donors (Lipinski definition) is 1. The van der Waals surface area contributed by atoms with Crippen molar-refractivity contribution in [2.45, 2.75) is 12.8 Å². The molecule has 27 heavy (non-hydrogen) atoms. The van der Waals surface area contributed by atoms with Crippen LogP contribution < -0.4 is 14.2 Å². The summed E-state index contributed by atoms with van der Waals surface area (Å²) >= 11 is 0. The lowest BCUT2D eigenvalue weighted by Gasteiger charge is -2.19. The Balaban J connectivity index is 2.24. The molecule has 1 atom stereocenters. The molecule has 142 valence electrons. The van der Waals surface area contributed by atoms with Crippen LogP contribution in [0.3, 0.4) is 0 Å². The minimum atomic E-state index is -0.468. The summed E-state index contributed by atoms with van der Waals surface area (Å²) in [6.07, 6.45) is 0. The Kier molecular flexibility index (Phi) is 5.21. The van der Waals surface area contributed by atoms with Gasteiger partial charge in [-0.1, -0.05) is 18.2 Å². The van der Waals surface area contributed by atoms with E-state index >= 15 is 0 Å². The topological polar surface area (TPSA) is 86.6 Å². The van der Waals surface area contributed by atoms with E-state index in [4.69, 9.17) is 14.2 Å². The molecule has 0 bridgehead atoms. The van der Waals surface area contributed by atoms with E-state index in [0.29, 0.717) is 17.2 Å². The molecular formula is C20H22N2O5. The Bertz CT molecular complexity index is 955. The van der Waals surface area contributed by atoms with Crippen LogP contribution in [0.5, 0.6) is 17.2 Å². The molecule has 0 amide bonds.